The molecule has 0 aromatic heterocycles. The van der Waals surface area contributed by atoms with Crippen LogP contribution >= 0.6 is 0 Å². The van der Waals surface area contributed by atoms with E-state index in [4.69, 9.17) is 9.84 Å². The number of aliphatic hydroxyl groups is 1. The van der Waals surface area contributed by atoms with Crippen LogP contribution in [-0.2, 0) is 9.53 Å². The van der Waals surface area contributed by atoms with Gasteiger partial charge in [-0.2, -0.15) is 0 Å². The van der Waals surface area contributed by atoms with Gasteiger partial charge in [0.05, 0.1) is 19.1 Å². The van der Waals surface area contributed by atoms with E-state index in [1.165, 1.54) is 0 Å². The molecule has 0 saturated carbocycles. The second kappa shape index (κ2) is 2.48. The van der Waals surface area contributed by atoms with Crippen molar-refractivity contribution in [2.45, 2.75) is 25.7 Å². The smallest absolute Gasteiger partial charge is 0.231 e. The number of carbonyl (C=O) groups excluding carboxylic acids is 1. The molecule has 0 bridgehead atoms. The summed E-state index contributed by atoms with van der Waals surface area (Å²) in [6.07, 6.45) is 1.55. The molecule has 0 aromatic carbocycles. The first-order valence-electron chi connectivity index (χ1n) is 4.01. The number of amides is 1. The van der Waals surface area contributed by atoms with Crippen molar-refractivity contribution in [3.8, 4) is 0 Å². The molecule has 2 fully saturated rings. The van der Waals surface area contributed by atoms with E-state index in [9.17, 15) is 4.79 Å². The highest BCUT2D eigenvalue weighted by Crippen LogP contribution is 2.30. The molecule has 2 rings (SSSR count). The van der Waals surface area contributed by atoms with Crippen molar-refractivity contribution in [3.63, 3.8) is 0 Å². The number of aliphatic hydroxyl groups excluding tert-OH is 1. The summed E-state index contributed by atoms with van der Waals surface area (Å²) in [7, 11) is 0. The Hall–Kier alpha value is -1.03. The van der Waals surface area contributed by atoms with Gasteiger partial charge >= 0.3 is 0 Å². The van der Waals surface area contributed by atoms with Crippen molar-refractivity contribution in [3.05, 3.63) is 11.8 Å². The number of ether oxygens (including phenoxy) is 1. The minimum absolute atomic E-state index is 0.0532. The number of hydrogen-bond donors (Lipinski definition) is 1. The predicted molar refractivity (Wildman–Crippen MR) is 41.0 cm³/mol. The van der Waals surface area contributed by atoms with Crippen LogP contribution in [0, 0.1) is 0 Å². The standard InChI is InChI=1S/C8H11NO3/c1-5(10)2-6-4-9-7(11)3-8(9)12-6/h2,5,8,10H,3-4H2,1H3. The van der Waals surface area contributed by atoms with Gasteiger partial charge in [0.1, 0.15) is 5.76 Å². The van der Waals surface area contributed by atoms with E-state index in [0.717, 1.165) is 0 Å². The van der Waals surface area contributed by atoms with Gasteiger partial charge in [0.15, 0.2) is 6.23 Å². The number of carbonyl (C=O) groups is 1. The zero-order chi connectivity index (χ0) is 8.72. The van der Waals surface area contributed by atoms with Crippen molar-refractivity contribution in [2.24, 2.45) is 0 Å². The van der Waals surface area contributed by atoms with Crippen molar-refractivity contribution in [1.29, 1.82) is 0 Å². The molecule has 1 N–H and O–H groups in total. The fourth-order valence-corrected chi connectivity index (χ4v) is 1.46. The van der Waals surface area contributed by atoms with Crippen molar-refractivity contribution in [2.75, 3.05) is 6.54 Å². The zero-order valence-corrected chi connectivity index (χ0v) is 6.86. The predicted octanol–water partition coefficient (Wildman–Crippen LogP) is -0.160. The molecule has 2 saturated heterocycles. The molecule has 0 radical (unpaired) electrons. The molecule has 2 unspecified atom stereocenters. The van der Waals surface area contributed by atoms with E-state index >= 15 is 0 Å². The van der Waals surface area contributed by atoms with E-state index in [1.54, 1.807) is 17.9 Å². The fraction of sp³-hybridized carbons (Fsp3) is 0.625. The molecule has 2 aliphatic heterocycles. The molecule has 2 aliphatic rings. The van der Waals surface area contributed by atoms with Gasteiger partial charge in [0, 0.05) is 0 Å². The van der Waals surface area contributed by atoms with E-state index in [2.05, 4.69) is 0 Å². The molecule has 66 valence electrons. The molecular formula is C8H11NO3. The van der Waals surface area contributed by atoms with Crippen LogP contribution in [0.4, 0.5) is 0 Å². The first-order valence-corrected chi connectivity index (χ1v) is 4.01. The lowest BCUT2D eigenvalue weighted by Crippen LogP contribution is -2.48. The first kappa shape index (κ1) is 7.61. The van der Waals surface area contributed by atoms with Gasteiger partial charge in [-0.3, -0.25) is 9.69 Å². The summed E-state index contributed by atoms with van der Waals surface area (Å²) in [4.78, 5) is 12.6. The van der Waals surface area contributed by atoms with E-state index < -0.39 is 6.10 Å². The Balaban J connectivity index is 2.03. The minimum atomic E-state index is -0.506. The molecule has 0 aliphatic carbocycles. The molecule has 4 heteroatoms. The Bertz CT molecular complexity index is 247. The number of rotatable bonds is 1. The van der Waals surface area contributed by atoms with Crippen molar-refractivity contribution in [1.82, 2.24) is 4.90 Å². The number of nitrogens with zero attached hydrogens (tertiary/aromatic N) is 1. The highest BCUT2D eigenvalue weighted by atomic mass is 16.5. The lowest BCUT2D eigenvalue weighted by molar-refractivity contribution is -0.154. The SMILES string of the molecule is CC(O)C=C1CN2C(=O)CC2O1. The molecular weight excluding hydrogens is 158 g/mol. The van der Waals surface area contributed by atoms with Crippen LogP contribution in [0.3, 0.4) is 0 Å². The normalized spacial score (nSPS) is 32.8. The van der Waals surface area contributed by atoms with E-state index in [-0.39, 0.29) is 12.1 Å². The van der Waals surface area contributed by atoms with Crippen LogP contribution in [0.5, 0.6) is 0 Å². The van der Waals surface area contributed by atoms with Crippen LogP contribution in [0.2, 0.25) is 0 Å². The van der Waals surface area contributed by atoms with Gasteiger partial charge in [-0.05, 0) is 13.0 Å². The fourth-order valence-electron chi connectivity index (χ4n) is 1.46. The first-order chi connectivity index (χ1) is 5.66. The summed E-state index contributed by atoms with van der Waals surface area (Å²) in [5, 5.41) is 9.01. The third-order valence-corrected chi connectivity index (χ3v) is 2.06. The van der Waals surface area contributed by atoms with Gasteiger partial charge in [0.2, 0.25) is 5.91 Å². The number of fused-ring (bicyclic) bond motifs is 1. The average molecular weight is 169 g/mol. The second-order valence-corrected chi connectivity index (χ2v) is 3.17. The minimum Gasteiger partial charge on any atom is -0.473 e. The van der Waals surface area contributed by atoms with Crippen LogP contribution < -0.4 is 0 Å². The van der Waals surface area contributed by atoms with E-state index in [0.29, 0.717) is 18.7 Å². The Labute approximate surface area is 70.4 Å². The summed E-state index contributed by atoms with van der Waals surface area (Å²) in [6, 6.07) is 0. The zero-order valence-electron chi connectivity index (χ0n) is 6.86. The van der Waals surface area contributed by atoms with Gasteiger partial charge in [-0.1, -0.05) is 0 Å². The Kier molecular flexibility index (Phi) is 1.58. The van der Waals surface area contributed by atoms with Crippen LogP contribution in [0.25, 0.3) is 0 Å². The van der Waals surface area contributed by atoms with Crippen LogP contribution in [-0.4, -0.2) is 34.8 Å². The lowest BCUT2D eigenvalue weighted by Gasteiger charge is -2.30. The number of hydrogen-bond acceptors (Lipinski definition) is 3. The monoisotopic (exact) mass is 169 g/mol. The third-order valence-electron chi connectivity index (χ3n) is 2.06. The summed E-state index contributed by atoms with van der Waals surface area (Å²) in [6.45, 7) is 2.18. The highest BCUT2D eigenvalue weighted by molar-refractivity contribution is 5.83. The summed E-state index contributed by atoms with van der Waals surface area (Å²) in [5.74, 6) is 0.842. The van der Waals surface area contributed by atoms with Crippen LogP contribution in [0.15, 0.2) is 11.8 Å². The lowest BCUT2D eigenvalue weighted by atomic mass is 10.2. The molecule has 12 heavy (non-hydrogen) atoms. The Morgan fingerprint density at radius 1 is 1.83 bits per heavy atom. The Morgan fingerprint density at radius 2 is 2.58 bits per heavy atom. The quantitative estimate of drug-likeness (QED) is 0.555. The molecule has 1 amide bonds. The molecule has 2 atom stereocenters. The molecule has 4 nitrogen and oxygen atoms in total. The van der Waals surface area contributed by atoms with Gasteiger partial charge in [0.25, 0.3) is 0 Å². The van der Waals surface area contributed by atoms with Crippen LogP contribution in [0.1, 0.15) is 13.3 Å². The summed E-state index contributed by atoms with van der Waals surface area (Å²) in [5.41, 5.74) is 0. The molecule has 0 aromatic rings. The third kappa shape index (κ3) is 1.08. The summed E-state index contributed by atoms with van der Waals surface area (Å²) < 4.78 is 5.35. The molecule has 0 spiro atoms. The van der Waals surface area contributed by atoms with Crippen molar-refractivity contribution < 1.29 is 14.6 Å². The van der Waals surface area contributed by atoms with Gasteiger partial charge < -0.3 is 9.84 Å². The van der Waals surface area contributed by atoms with Gasteiger partial charge in [-0.25, -0.2) is 0 Å². The second-order valence-electron chi connectivity index (χ2n) is 3.17. The van der Waals surface area contributed by atoms with Gasteiger partial charge in [-0.15, -0.1) is 0 Å². The topological polar surface area (TPSA) is 49.8 Å². The maximum atomic E-state index is 10.9. The Morgan fingerprint density at radius 3 is 3.08 bits per heavy atom. The maximum absolute atomic E-state index is 10.9. The van der Waals surface area contributed by atoms with Crippen molar-refractivity contribution >= 4 is 5.91 Å². The summed E-state index contributed by atoms with van der Waals surface area (Å²) >= 11 is 0. The highest BCUT2D eigenvalue weighted by Gasteiger charge is 2.43. The largest absolute Gasteiger partial charge is 0.473 e. The van der Waals surface area contributed by atoms with E-state index in [1.807, 2.05) is 0 Å². The number of β-lactam (4-membered cyclic amide) rings is 1. The molecule has 2 heterocycles. The maximum Gasteiger partial charge on any atom is 0.231 e. The average Bonchev–Trinajstić information content (AvgIpc) is 2.26.